The molecule has 1 amide bonds. The van der Waals surface area contributed by atoms with E-state index in [9.17, 15) is 4.79 Å². The number of hydrogen-bond donors (Lipinski definition) is 2. The molecule has 0 bridgehead atoms. The molecule has 2 N–H and O–H groups in total. The summed E-state index contributed by atoms with van der Waals surface area (Å²) in [5, 5.41) is 6.76. The quantitative estimate of drug-likeness (QED) is 0.868. The molecule has 1 unspecified atom stereocenters. The summed E-state index contributed by atoms with van der Waals surface area (Å²) >= 11 is 12.0. The SMILES string of the molecule is O=C(Nc1ccc(Oc2ccc(Cl)cn2)c(Cl)c1)C1COCCN1. The highest BCUT2D eigenvalue weighted by atomic mass is 35.5. The maximum atomic E-state index is 12.1. The first-order valence-corrected chi connectivity index (χ1v) is 8.08. The van der Waals surface area contributed by atoms with Crippen LogP contribution in [0.4, 0.5) is 5.69 Å². The zero-order chi connectivity index (χ0) is 16.9. The number of halogens is 2. The lowest BCUT2D eigenvalue weighted by atomic mass is 10.2. The summed E-state index contributed by atoms with van der Waals surface area (Å²) in [7, 11) is 0. The molecule has 3 rings (SSSR count). The van der Waals surface area contributed by atoms with E-state index in [1.54, 1.807) is 30.3 Å². The van der Waals surface area contributed by atoms with E-state index >= 15 is 0 Å². The number of nitrogens with zero attached hydrogens (tertiary/aromatic N) is 1. The first-order valence-electron chi connectivity index (χ1n) is 7.33. The number of rotatable bonds is 4. The Hall–Kier alpha value is -1.86. The Bertz CT molecular complexity index is 719. The van der Waals surface area contributed by atoms with Gasteiger partial charge in [-0.15, -0.1) is 0 Å². The summed E-state index contributed by atoms with van der Waals surface area (Å²) in [5.74, 6) is 0.643. The van der Waals surface area contributed by atoms with Crippen molar-refractivity contribution in [2.24, 2.45) is 0 Å². The molecule has 8 heteroatoms. The second-order valence-corrected chi connectivity index (χ2v) is 5.98. The van der Waals surface area contributed by atoms with Crippen molar-refractivity contribution < 1.29 is 14.3 Å². The average Bonchev–Trinajstić information content (AvgIpc) is 2.60. The third-order valence-corrected chi connectivity index (χ3v) is 3.87. The van der Waals surface area contributed by atoms with Crippen LogP contribution < -0.4 is 15.4 Å². The second kappa shape index (κ2) is 7.81. The minimum atomic E-state index is -0.369. The normalized spacial score (nSPS) is 17.3. The van der Waals surface area contributed by atoms with E-state index in [0.717, 1.165) is 0 Å². The number of pyridine rings is 1. The van der Waals surface area contributed by atoms with Crippen LogP contribution >= 0.6 is 23.2 Å². The van der Waals surface area contributed by atoms with Gasteiger partial charge >= 0.3 is 0 Å². The van der Waals surface area contributed by atoms with Gasteiger partial charge in [0.15, 0.2) is 0 Å². The number of amides is 1. The zero-order valence-corrected chi connectivity index (χ0v) is 14.1. The van der Waals surface area contributed by atoms with Gasteiger partial charge in [-0.05, 0) is 24.3 Å². The largest absolute Gasteiger partial charge is 0.437 e. The number of nitrogens with one attached hydrogen (secondary N) is 2. The fraction of sp³-hybridized carbons (Fsp3) is 0.250. The van der Waals surface area contributed by atoms with E-state index in [4.69, 9.17) is 32.7 Å². The summed E-state index contributed by atoms with van der Waals surface area (Å²) < 4.78 is 10.9. The van der Waals surface area contributed by atoms with E-state index in [-0.39, 0.29) is 11.9 Å². The molecular formula is C16H15Cl2N3O3. The van der Waals surface area contributed by atoms with E-state index in [1.165, 1.54) is 6.20 Å². The average molecular weight is 368 g/mol. The minimum absolute atomic E-state index is 0.168. The van der Waals surface area contributed by atoms with Gasteiger partial charge in [-0.25, -0.2) is 4.98 Å². The van der Waals surface area contributed by atoms with Crippen LogP contribution in [0.3, 0.4) is 0 Å². The van der Waals surface area contributed by atoms with E-state index in [2.05, 4.69) is 15.6 Å². The Labute approximate surface area is 149 Å². The van der Waals surface area contributed by atoms with Crippen LogP contribution in [0.1, 0.15) is 0 Å². The van der Waals surface area contributed by atoms with Crippen molar-refractivity contribution in [3.8, 4) is 11.6 Å². The van der Waals surface area contributed by atoms with Crippen molar-refractivity contribution in [2.45, 2.75) is 6.04 Å². The third kappa shape index (κ3) is 4.36. The summed E-state index contributed by atoms with van der Waals surface area (Å²) in [4.78, 5) is 16.2. The molecule has 1 fully saturated rings. The Balaban J connectivity index is 1.65. The second-order valence-electron chi connectivity index (χ2n) is 5.13. The molecule has 0 saturated carbocycles. The van der Waals surface area contributed by atoms with Crippen LogP contribution in [0.2, 0.25) is 10.0 Å². The molecule has 0 aliphatic carbocycles. The summed E-state index contributed by atoms with van der Waals surface area (Å²) in [5.41, 5.74) is 0.578. The third-order valence-electron chi connectivity index (χ3n) is 3.35. The van der Waals surface area contributed by atoms with Crippen molar-refractivity contribution in [1.29, 1.82) is 0 Å². The number of morpholine rings is 1. The highest BCUT2D eigenvalue weighted by Crippen LogP contribution is 2.31. The van der Waals surface area contributed by atoms with Crippen LogP contribution in [0, 0.1) is 0 Å². The molecule has 1 atom stereocenters. The van der Waals surface area contributed by atoms with Crippen LogP contribution in [-0.2, 0) is 9.53 Å². The number of benzene rings is 1. The fourth-order valence-electron chi connectivity index (χ4n) is 2.16. The lowest BCUT2D eigenvalue weighted by Crippen LogP contribution is -2.48. The van der Waals surface area contributed by atoms with Crippen LogP contribution in [0.15, 0.2) is 36.5 Å². The van der Waals surface area contributed by atoms with Gasteiger partial charge < -0.3 is 20.1 Å². The van der Waals surface area contributed by atoms with Crippen molar-refractivity contribution in [3.63, 3.8) is 0 Å². The van der Waals surface area contributed by atoms with Gasteiger partial charge in [0.25, 0.3) is 0 Å². The van der Waals surface area contributed by atoms with Crippen molar-refractivity contribution >= 4 is 34.8 Å². The lowest BCUT2D eigenvalue weighted by Gasteiger charge is -2.23. The van der Waals surface area contributed by atoms with Crippen molar-refractivity contribution in [2.75, 3.05) is 25.1 Å². The van der Waals surface area contributed by atoms with Crippen LogP contribution in [0.5, 0.6) is 11.6 Å². The van der Waals surface area contributed by atoms with E-state index < -0.39 is 0 Å². The van der Waals surface area contributed by atoms with Gasteiger partial charge in [0.2, 0.25) is 11.8 Å². The molecule has 0 radical (unpaired) electrons. The van der Waals surface area contributed by atoms with Gasteiger partial charge in [-0.3, -0.25) is 4.79 Å². The minimum Gasteiger partial charge on any atom is -0.437 e. The highest BCUT2D eigenvalue weighted by molar-refractivity contribution is 6.32. The number of anilines is 1. The van der Waals surface area contributed by atoms with Crippen LogP contribution in [0.25, 0.3) is 0 Å². The monoisotopic (exact) mass is 367 g/mol. The molecule has 0 spiro atoms. The molecule has 1 aromatic carbocycles. The number of carbonyl (C=O) groups excluding carboxylic acids is 1. The molecule has 2 aromatic rings. The van der Waals surface area contributed by atoms with Gasteiger partial charge in [-0.1, -0.05) is 23.2 Å². The van der Waals surface area contributed by atoms with Gasteiger partial charge in [0, 0.05) is 24.5 Å². The number of carbonyl (C=O) groups is 1. The smallest absolute Gasteiger partial charge is 0.243 e. The number of ether oxygens (including phenoxy) is 2. The van der Waals surface area contributed by atoms with Crippen molar-refractivity contribution in [3.05, 3.63) is 46.6 Å². The fourth-order valence-corrected chi connectivity index (χ4v) is 2.49. The standard InChI is InChI=1S/C16H15Cl2N3O3/c17-10-1-4-15(20-8-10)24-14-3-2-11(7-12(14)18)21-16(22)13-9-23-6-5-19-13/h1-4,7-8,13,19H,5-6,9H2,(H,21,22). The maximum Gasteiger partial charge on any atom is 0.243 e. The molecule has 1 aliphatic heterocycles. The molecule has 1 saturated heterocycles. The first-order chi connectivity index (χ1) is 11.6. The zero-order valence-electron chi connectivity index (χ0n) is 12.6. The summed E-state index contributed by atoms with van der Waals surface area (Å²) in [6.45, 7) is 1.61. The Morgan fingerprint density at radius 1 is 1.33 bits per heavy atom. The van der Waals surface area contributed by atoms with Crippen molar-refractivity contribution in [1.82, 2.24) is 10.3 Å². The summed E-state index contributed by atoms with van der Waals surface area (Å²) in [6.07, 6.45) is 1.48. The molecule has 1 aromatic heterocycles. The van der Waals surface area contributed by atoms with E-state index in [0.29, 0.717) is 47.1 Å². The van der Waals surface area contributed by atoms with E-state index in [1.807, 2.05) is 0 Å². The Morgan fingerprint density at radius 2 is 2.21 bits per heavy atom. The first kappa shape index (κ1) is 17.0. The predicted molar refractivity (Wildman–Crippen MR) is 92.0 cm³/mol. The lowest BCUT2D eigenvalue weighted by molar-refractivity contribution is -0.120. The predicted octanol–water partition coefficient (Wildman–Crippen LogP) is 3.11. The summed E-state index contributed by atoms with van der Waals surface area (Å²) in [6, 6.07) is 7.94. The molecule has 126 valence electrons. The maximum absolute atomic E-state index is 12.1. The molecular weight excluding hydrogens is 353 g/mol. The number of aromatic nitrogens is 1. The Kier molecular flexibility index (Phi) is 5.52. The number of hydrogen-bond acceptors (Lipinski definition) is 5. The topological polar surface area (TPSA) is 72.5 Å². The molecule has 6 nitrogen and oxygen atoms in total. The van der Waals surface area contributed by atoms with Gasteiger partial charge in [0.05, 0.1) is 23.3 Å². The molecule has 1 aliphatic rings. The van der Waals surface area contributed by atoms with Gasteiger partial charge in [0.1, 0.15) is 11.8 Å². The highest BCUT2D eigenvalue weighted by Gasteiger charge is 2.21. The Morgan fingerprint density at radius 3 is 2.88 bits per heavy atom. The van der Waals surface area contributed by atoms with Crippen LogP contribution in [-0.4, -0.2) is 36.7 Å². The molecule has 2 heterocycles. The van der Waals surface area contributed by atoms with Gasteiger partial charge in [-0.2, -0.15) is 0 Å². The molecule has 24 heavy (non-hydrogen) atoms.